The van der Waals surface area contributed by atoms with E-state index in [0.717, 1.165) is 32.1 Å². The third kappa shape index (κ3) is 14.6. The lowest BCUT2D eigenvalue weighted by Crippen LogP contribution is -2.11. The molecule has 0 saturated heterocycles. The molecule has 0 aliphatic rings. The maximum atomic E-state index is 12.0. The van der Waals surface area contributed by atoms with Gasteiger partial charge >= 0.3 is 5.97 Å². The van der Waals surface area contributed by atoms with Crippen molar-refractivity contribution >= 4 is 17.6 Å². The van der Waals surface area contributed by atoms with Gasteiger partial charge < -0.3 is 10.4 Å². The van der Waals surface area contributed by atoms with Crippen LogP contribution in [0, 0.1) is 0 Å². The molecule has 0 unspecified atom stereocenters. The zero-order valence-corrected chi connectivity index (χ0v) is 18.6. The summed E-state index contributed by atoms with van der Waals surface area (Å²) in [6.45, 7) is 2.23. The SMILES string of the molecule is CCCCCC=CCC=CCCCCCCCC(=O)Nc1cccc(CC(=O)O)c1. The Labute approximate surface area is 182 Å². The highest BCUT2D eigenvalue weighted by Crippen LogP contribution is 2.13. The third-order valence-corrected chi connectivity index (χ3v) is 4.92. The molecule has 0 aliphatic carbocycles. The molecule has 1 aromatic rings. The van der Waals surface area contributed by atoms with Crippen LogP contribution in [0.1, 0.15) is 89.5 Å². The fraction of sp³-hybridized carbons (Fsp3) is 0.538. The molecule has 0 bridgehead atoms. The maximum absolute atomic E-state index is 12.0. The topological polar surface area (TPSA) is 66.4 Å². The van der Waals surface area contributed by atoms with E-state index in [1.807, 2.05) is 0 Å². The van der Waals surface area contributed by atoms with Crippen LogP contribution < -0.4 is 5.32 Å². The molecule has 4 heteroatoms. The smallest absolute Gasteiger partial charge is 0.307 e. The number of hydrogen-bond acceptors (Lipinski definition) is 2. The van der Waals surface area contributed by atoms with Gasteiger partial charge in [-0.15, -0.1) is 0 Å². The number of aliphatic carboxylic acids is 1. The number of nitrogens with one attached hydrogen (secondary N) is 1. The van der Waals surface area contributed by atoms with E-state index in [0.29, 0.717) is 17.7 Å². The Morgan fingerprint density at radius 2 is 1.57 bits per heavy atom. The normalized spacial score (nSPS) is 11.4. The van der Waals surface area contributed by atoms with Gasteiger partial charge in [0.15, 0.2) is 0 Å². The van der Waals surface area contributed by atoms with Crippen LogP contribution in [0.15, 0.2) is 48.6 Å². The minimum absolute atomic E-state index is 0.00634. The predicted octanol–water partition coefficient (Wildman–Crippen LogP) is 7.07. The van der Waals surface area contributed by atoms with Gasteiger partial charge in [-0.1, -0.05) is 75.5 Å². The minimum Gasteiger partial charge on any atom is -0.481 e. The van der Waals surface area contributed by atoms with Crippen LogP contribution >= 0.6 is 0 Å². The van der Waals surface area contributed by atoms with Gasteiger partial charge in [0.25, 0.3) is 0 Å². The highest BCUT2D eigenvalue weighted by molar-refractivity contribution is 5.90. The molecule has 0 spiro atoms. The lowest BCUT2D eigenvalue weighted by molar-refractivity contribution is -0.136. The van der Waals surface area contributed by atoms with E-state index in [4.69, 9.17) is 5.11 Å². The summed E-state index contributed by atoms with van der Waals surface area (Å²) in [5, 5.41) is 11.7. The predicted molar refractivity (Wildman–Crippen MR) is 126 cm³/mol. The maximum Gasteiger partial charge on any atom is 0.307 e. The van der Waals surface area contributed by atoms with Crippen molar-refractivity contribution < 1.29 is 14.7 Å². The molecular formula is C26H39NO3. The molecule has 1 aromatic carbocycles. The molecule has 0 radical (unpaired) electrons. The molecule has 30 heavy (non-hydrogen) atoms. The van der Waals surface area contributed by atoms with Gasteiger partial charge in [-0.05, 0) is 56.2 Å². The standard InChI is InChI=1S/C26H39NO3/c1-2-3-4-5-6-7-8-9-10-11-12-13-14-15-16-20-25(28)27-24-19-17-18-23(21-24)22-26(29)30/h6-7,9-10,17-19,21H,2-5,8,11-16,20,22H2,1H3,(H,27,28)(H,29,30). The van der Waals surface area contributed by atoms with Crippen LogP contribution in [0.5, 0.6) is 0 Å². The van der Waals surface area contributed by atoms with Crippen LogP contribution in [0.3, 0.4) is 0 Å². The number of rotatable bonds is 17. The summed E-state index contributed by atoms with van der Waals surface area (Å²) in [6.07, 6.45) is 22.4. The van der Waals surface area contributed by atoms with Crippen LogP contribution in [0.4, 0.5) is 5.69 Å². The second-order valence-corrected chi connectivity index (χ2v) is 7.80. The first-order valence-electron chi connectivity index (χ1n) is 11.5. The molecule has 0 fully saturated rings. The van der Waals surface area contributed by atoms with Crippen molar-refractivity contribution in [3.63, 3.8) is 0 Å². The zero-order valence-electron chi connectivity index (χ0n) is 18.6. The van der Waals surface area contributed by atoms with Crippen LogP contribution in [0.25, 0.3) is 0 Å². The molecule has 2 N–H and O–H groups in total. The monoisotopic (exact) mass is 413 g/mol. The molecule has 0 atom stereocenters. The summed E-state index contributed by atoms with van der Waals surface area (Å²) < 4.78 is 0. The van der Waals surface area contributed by atoms with Crippen molar-refractivity contribution in [3.05, 3.63) is 54.1 Å². The Hall–Kier alpha value is -2.36. The van der Waals surface area contributed by atoms with E-state index in [9.17, 15) is 9.59 Å². The van der Waals surface area contributed by atoms with Gasteiger partial charge in [0, 0.05) is 12.1 Å². The summed E-state index contributed by atoms with van der Waals surface area (Å²) in [6, 6.07) is 7.04. The molecular weight excluding hydrogens is 374 g/mol. The fourth-order valence-corrected chi connectivity index (χ4v) is 3.25. The van der Waals surface area contributed by atoms with E-state index in [1.165, 1.54) is 38.5 Å². The molecule has 0 heterocycles. The first kappa shape index (κ1) is 25.7. The Bertz CT molecular complexity index is 664. The van der Waals surface area contributed by atoms with Gasteiger partial charge in [0.05, 0.1) is 6.42 Å². The van der Waals surface area contributed by atoms with E-state index in [1.54, 1.807) is 24.3 Å². The number of unbranched alkanes of at least 4 members (excludes halogenated alkanes) is 8. The average Bonchev–Trinajstić information content (AvgIpc) is 2.70. The highest BCUT2D eigenvalue weighted by atomic mass is 16.4. The summed E-state index contributed by atoms with van der Waals surface area (Å²) in [7, 11) is 0. The summed E-state index contributed by atoms with van der Waals surface area (Å²) in [4.78, 5) is 22.8. The van der Waals surface area contributed by atoms with Gasteiger partial charge in [0.2, 0.25) is 5.91 Å². The first-order chi connectivity index (χ1) is 14.6. The lowest BCUT2D eigenvalue weighted by atomic mass is 10.1. The number of carboxylic acids is 1. The van der Waals surface area contributed by atoms with Crippen molar-refractivity contribution in [1.82, 2.24) is 0 Å². The van der Waals surface area contributed by atoms with E-state index < -0.39 is 5.97 Å². The Morgan fingerprint density at radius 3 is 2.27 bits per heavy atom. The van der Waals surface area contributed by atoms with Crippen molar-refractivity contribution in [2.45, 2.75) is 90.4 Å². The molecule has 0 aromatic heterocycles. The average molecular weight is 414 g/mol. The van der Waals surface area contributed by atoms with Gasteiger partial charge in [-0.3, -0.25) is 9.59 Å². The van der Waals surface area contributed by atoms with Crippen molar-refractivity contribution in [2.75, 3.05) is 5.32 Å². The first-order valence-corrected chi connectivity index (χ1v) is 11.5. The number of carbonyl (C=O) groups is 2. The second kappa shape index (κ2) is 17.5. The number of anilines is 1. The Kier molecular flexibility index (Phi) is 15.0. The quantitative estimate of drug-likeness (QED) is 0.212. The molecule has 1 amide bonds. The second-order valence-electron chi connectivity index (χ2n) is 7.80. The largest absolute Gasteiger partial charge is 0.481 e. The van der Waals surface area contributed by atoms with Gasteiger partial charge in [-0.25, -0.2) is 0 Å². The third-order valence-electron chi connectivity index (χ3n) is 4.92. The van der Waals surface area contributed by atoms with E-state index >= 15 is 0 Å². The lowest BCUT2D eigenvalue weighted by Gasteiger charge is -2.07. The van der Waals surface area contributed by atoms with Crippen molar-refractivity contribution in [1.29, 1.82) is 0 Å². The van der Waals surface area contributed by atoms with Gasteiger partial charge in [-0.2, -0.15) is 0 Å². The number of amides is 1. The summed E-state index contributed by atoms with van der Waals surface area (Å²) in [5.74, 6) is -0.878. The molecule has 0 aliphatic heterocycles. The zero-order chi connectivity index (χ0) is 21.9. The van der Waals surface area contributed by atoms with E-state index in [-0.39, 0.29) is 12.3 Å². The molecule has 1 rings (SSSR count). The Balaban J connectivity index is 2.00. The number of allylic oxidation sites excluding steroid dienone is 4. The summed E-state index contributed by atoms with van der Waals surface area (Å²) in [5.41, 5.74) is 1.36. The number of benzene rings is 1. The van der Waals surface area contributed by atoms with Crippen molar-refractivity contribution in [3.8, 4) is 0 Å². The van der Waals surface area contributed by atoms with Gasteiger partial charge in [0.1, 0.15) is 0 Å². The molecule has 0 saturated carbocycles. The number of carbonyl (C=O) groups excluding carboxylic acids is 1. The van der Waals surface area contributed by atoms with Crippen LogP contribution in [-0.4, -0.2) is 17.0 Å². The molecule has 4 nitrogen and oxygen atoms in total. The minimum atomic E-state index is -0.872. The van der Waals surface area contributed by atoms with Crippen LogP contribution in [0.2, 0.25) is 0 Å². The Morgan fingerprint density at radius 1 is 0.900 bits per heavy atom. The summed E-state index contributed by atoms with van der Waals surface area (Å²) >= 11 is 0. The fourth-order valence-electron chi connectivity index (χ4n) is 3.25. The number of hydrogen-bond donors (Lipinski definition) is 2. The van der Waals surface area contributed by atoms with E-state index in [2.05, 4.69) is 36.5 Å². The highest BCUT2D eigenvalue weighted by Gasteiger charge is 2.05. The number of carboxylic acid groups (broad SMARTS) is 1. The van der Waals surface area contributed by atoms with Crippen LogP contribution in [-0.2, 0) is 16.0 Å². The molecule has 166 valence electrons. The van der Waals surface area contributed by atoms with Crippen molar-refractivity contribution in [2.24, 2.45) is 0 Å².